The molecule has 24 heavy (non-hydrogen) atoms. The molecule has 0 saturated carbocycles. The van der Waals surface area contributed by atoms with E-state index in [1.165, 1.54) is 12.5 Å². The molecule has 0 bridgehead atoms. The Morgan fingerprint density at radius 1 is 1.46 bits per heavy atom. The summed E-state index contributed by atoms with van der Waals surface area (Å²) in [5.41, 5.74) is 0.255. The lowest BCUT2D eigenvalue weighted by molar-refractivity contribution is -0.0621. The molecule has 0 spiro atoms. The molecule has 1 atom stereocenters. The summed E-state index contributed by atoms with van der Waals surface area (Å²) in [5.74, 6) is 0.455. The summed E-state index contributed by atoms with van der Waals surface area (Å²) in [6.45, 7) is 3.07. The lowest BCUT2D eigenvalue weighted by atomic mass is 10.1. The van der Waals surface area contributed by atoms with Gasteiger partial charge in [-0.3, -0.25) is 4.79 Å². The molecule has 0 aliphatic carbocycles. The molecule has 7 nitrogen and oxygen atoms in total. The molecule has 3 rings (SSSR count). The van der Waals surface area contributed by atoms with E-state index >= 15 is 0 Å². The molecule has 1 aliphatic rings. The Bertz CT molecular complexity index is 672. The molecular weight excluding hydrogens is 310 g/mol. The van der Waals surface area contributed by atoms with Gasteiger partial charge in [0.25, 0.3) is 5.91 Å². The summed E-state index contributed by atoms with van der Waals surface area (Å²) in [4.78, 5) is 20.7. The van der Waals surface area contributed by atoms with Crippen molar-refractivity contribution in [1.82, 2.24) is 14.9 Å². The maximum Gasteiger partial charge on any atom is 0.272 e. The topological polar surface area (TPSA) is 87.7 Å². The van der Waals surface area contributed by atoms with E-state index in [2.05, 4.69) is 9.97 Å². The second-order valence-electron chi connectivity index (χ2n) is 6.07. The van der Waals surface area contributed by atoms with Crippen LogP contribution < -0.4 is 4.74 Å². The number of aryl methyl sites for hydroxylation is 1. The normalized spacial score (nSPS) is 21.3. The van der Waals surface area contributed by atoms with Crippen molar-refractivity contribution in [3.05, 3.63) is 48.0 Å². The van der Waals surface area contributed by atoms with Crippen LogP contribution >= 0.6 is 0 Å². The van der Waals surface area contributed by atoms with Gasteiger partial charge in [0, 0.05) is 6.54 Å². The zero-order valence-electron chi connectivity index (χ0n) is 13.6. The predicted octanol–water partition coefficient (Wildman–Crippen LogP) is 1.00. The monoisotopic (exact) mass is 331 g/mol. The fourth-order valence-corrected chi connectivity index (χ4v) is 2.57. The number of aliphatic hydroxyl groups is 1. The van der Waals surface area contributed by atoms with Crippen molar-refractivity contribution >= 4 is 5.91 Å². The highest BCUT2D eigenvalue weighted by molar-refractivity contribution is 5.92. The molecule has 1 saturated heterocycles. The average Bonchev–Trinajstić information content (AvgIpc) is 3.04. The van der Waals surface area contributed by atoms with Gasteiger partial charge in [-0.05, 0) is 19.1 Å². The van der Waals surface area contributed by atoms with Crippen molar-refractivity contribution in [2.45, 2.75) is 12.5 Å². The maximum absolute atomic E-state index is 12.5. The van der Waals surface area contributed by atoms with Crippen molar-refractivity contribution < 1.29 is 19.4 Å². The second kappa shape index (κ2) is 7.02. The zero-order valence-corrected chi connectivity index (χ0v) is 13.6. The van der Waals surface area contributed by atoms with Crippen LogP contribution in [0.1, 0.15) is 16.1 Å². The summed E-state index contributed by atoms with van der Waals surface area (Å²) in [5, 5.41) is 10.8. The molecular formula is C17H21N3O4. The highest BCUT2D eigenvalue weighted by atomic mass is 16.5. The number of amides is 1. The molecule has 128 valence electrons. The van der Waals surface area contributed by atoms with E-state index in [-0.39, 0.29) is 25.7 Å². The van der Waals surface area contributed by atoms with Gasteiger partial charge in [0.05, 0.1) is 32.3 Å². The summed E-state index contributed by atoms with van der Waals surface area (Å²) in [6.07, 6.45) is 2.92. The highest BCUT2D eigenvalue weighted by Gasteiger charge is 2.36. The van der Waals surface area contributed by atoms with Gasteiger partial charge < -0.3 is 24.5 Å². The Hall–Kier alpha value is -2.38. The summed E-state index contributed by atoms with van der Waals surface area (Å²) >= 11 is 0. The maximum atomic E-state index is 12.5. The minimum absolute atomic E-state index is 0.0445. The van der Waals surface area contributed by atoms with Crippen LogP contribution in [0.2, 0.25) is 0 Å². The van der Waals surface area contributed by atoms with Crippen LogP contribution in [0, 0.1) is 6.92 Å². The predicted molar refractivity (Wildman–Crippen MR) is 86.9 cm³/mol. The first kappa shape index (κ1) is 16.5. The molecule has 2 N–H and O–H groups in total. The van der Waals surface area contributed by atoms with Crippen LogP contribution in [0.15, 0.2) is 36.8 Å². The number of ether oxygens (including phenoxy) is 2. The number of carbonyl (C=O) groups excluding carboxylic acids is 1. The van der Waals surface area contributed by atoms with Crippen LogP contribution in [0.4, 0.5) is 0 Å². The molecule has 1 fully saturated rings. The van der Waals surface area contributed by atoms with Crippen LogP contribution in [0.3, 0.4) is 0 Å². The molecule has 0 radical (unpaired) electrons. The van der Waals surface area contributed by atoms with Gasteiger partial charge in [0.15, 0.2) is 0 Å². The van der Waals surface area contributed by atoms with Crippen LogP contribution in [-0.4, -0.2) is 64.4 Å². The van der Waals surface area contributed by atoms with E-state index < -0.39 is 5.60 Å². The Morgan fingerprint density at radius 3 is 2.96 bits per heavy atom. The SMILES string of the molecule is Cc1ccc(OC[C@@]2(O)COCCN(C(=O)c3cnc[nH]3)C2)cc1. The Balaban J connectivity index is 1.66. The number of hydrogen-bond donors (Lipinski definition) is 2. The smallest absolute Gasteiger partial charge is 0.272 e. The van der Waals surface area contributed by atoms with Gasteiger partial charge in [-0.2, -0.15) is 0 Å². The zero-order chi connectivity index (χ0) is 17.0. The molecule has 2 heterocycles. The average molecular weight is 331 g/mol. The molecule has 7 heteroatoms. The minimum atomic E-state index is -1.27. The number of rotatable bonds is 4. The summed E-state index contributed by atoms with van der Waals surface area (Å²) in [7, 11) is 0. The van der Waals surface area contributed by atoms with E-state index in [1.807, 2.05) is 31.2 Å². The third kappa shape index (κ3) is 3.93. The third-order valence-electron chi connectivity index (χ3n) is 3.91. The Morgan fingerprint density at radius 2 is 2.25 bits per heavy atom. The van der Waals surface area contributed by atoms with E-state index in [0.717, 1.165) is 5.56 Å². The Kier molecular flexibility index (Phi) is 4.82. The molecule has 2 aromatic rings. The van der Waals surface area contributed by atoms with E-state index in [9.17, 15) is 9.90 Å². The largest absolute Gasteiger partial charge is 0.490 e. The van der Waals surface area contributed by atoms with Crippen molar-refractivity contribution in [1.29, 1.82) is 0 Å². The summed E-state index contributed by atoms with van der Waals surface area (Å²) < 4.78 is 11.2. The van der Waals surface area contributed by atoms with Gasteiger partial charge in [-0.15, -0.1) is 0 Å². The fraction of sp³-hybridized carbons (Fsp3) is 0.412. The number of H-pyrrole nitrogens is 1. The quantitative estimate of drug-likeness (QED) is 0.873. The third-order valence-corrected chi connectivity index (χ3v) is 3.91. The van der Waals surface area contributed by atoms with E-state index in [0.29, 0.717) is 24.6 Å². The lowest BCUT2D eigenvalue weighted by Gasteiger charge is -2.30. The van der Waals surface area contributed by atoms with Crippen molar-refractivity contribution in [3.8, 4) is 5.75 Å². The molecule has 1 aromatic carbocycles. The highest BCUT2D eigenvalue weighted by Crippen LogP contribution is 2.18. The van der Waals surface area contributed by atoms with Crippen molar-refractivity contribution in [2.24, 2.45) is 0 Å². The second-order valence-corrected chi connectivity index (χ2v) is 6.07. The van der Waals surface area contributed by atoms with Crippen molar-refractivity contribution in [3.63, 3.8) is 0 Å². The number of β-amino-alcohol motifs (C(OH)–C–C–N with tert-alkyl or cyclic N) is 1. The van der Waals surface area contributed by atoms with Crippen molar-refractivity contribution in [2.75, 3.05) is 32.9 Å². The Labute approximate surface area is 140 Å². The van der Waals surface area contributed by atoms with E-state index in [1.54, 1.807) is 4.90 Å². The molecule has 1 aliphatic heterocycles. The van der Waals surface area contributed by atoms with Crippen LogP contribution in [-0.2, 0) is 4.74 Å². The number of benzene rings is 1. The number of carbonyl (C=O) groups is 1. The number of aromatic nitrogens is 2. The summed E-state index contributed by atoms with van der Waals surface area (Å²) in [6, 6.07) is 7.58. The number of imidazole rings is 1. The number of aromatic amines is 1. The van der Waals surface area contributed by atoms with Crippen LogP contribution in [0.5, 0.6) is 5.75 Å². The van der Waals surface area contributed by atoms with Gasteiger partial charge in [0.1, 0.15) is 23.7 Å². The van der Waals surface area contributed by atoms with E-state index in [4.69, 9.17) is 9.47 Å². The number of nitrogens with zero attached hydrogens (tertiary/aromatic N) is 2. The number of nitrogens with one attached hydrogen (secondary N) is 1. The molecule has 1 amide bonds. The minimum Gasteiger partial charge on any atom is -0.490 e. The standard InChI is InChI=1S/C17H21N3O4/c1-13-2-4-14(5-3-13)24-11-17(22)9-20(6-7-23-10-17)16(21)15-8-18-12-19-15/h2-5,8,12,22H,6-7,9-11H2,1H3,(H,18,19)/t17-/m0/s1. The van der Waals surface area contributed by atoms with Gasteiger partial charge in [0.2, 0.25) is 0 Å². The fourth-order valence-electron chi connectivity index (χ4n) is 2.57. The lowest BCUT2D eigenvalue weighted by Crippen LogP contribution is -2.50. The van der Waals surface area contributed by atoms with Gasteiger partial charge in [-0.1, -0.05) is 17.7 Å². The van der Waals surface area contributed by atoms with Crippen LogP contribution in [0.25, 0.3) is 0 Å². The number of hydrogen-bond acceptors (Lipinski definition) is 5. The first-order valence-corrected chi connectivity index (χ1v) is 7.83. The molecule has 1 aromatic heterocycles. The van der Waals surface area contributed by atoms with Gasteiger partial charge in [-0.25, -0.2) is 4.98 Å². The van der Waals surface area contributed by atoms with Gasteiger partial charge >= 0.3 is 0 Å². The first-order chi connectivity index (χ1) is 11.6. The first-order valence-electron chi connectivity index (χ1n) is 7.83. The molecule has 0 unspecified atom stereocenters.